The van der Waals surface area contributed by atoms with E-state index in [1.165, 1.54) is 4.68 Å². The molecule has 0 saturated heterocycles. The third kappa shape index (κ3) is 1.15. The van der Waals surface area contributed by atoms with Gasteiger partial charge in [0, 0.05) is 6.20 Å². The summed E-state index contributed by atoms with van der Waals surface area (Å²) in [6.45, 7) is 0.252. The number of terminal acetylenes is 1. The number of hydrogen-bond donors (Lipinski definition) is 0. The molecule has 0 atom stereocenters. The highest BCUT2D eigenvalue weighted by Crippen LogP contribution is 1.92. The Kier molecular flexibility index (Phi) is 1.72. The van der Waals surface area contributed by atoms with Crippen LogP contribution in [0.1, 0.15) is 5.56 Å². The molecule has 1 heterocycles. The summed E-state index contributed by atoms with van der Waals surface area (Å²) in [5, 5.41) is 12.1. The van der Waals surface area contributed by atoms with Gasteiger partial charge in [-0.15, -0.1) is 6.42 Å². The minimum absolute atomic E-state index is 0.252. The van der Waals surface area contributed by atoms with Crippen molar-refractivity contribution >= 4 is 0 Å². The van der Waals surface area contributed by atoms with Gasteiger partial charge in [0.05, 0.1) is 17.8 Å². The standard InChI is InChI=1S/C7H5N3/c1-2-7-5-9-10(6-7)4-3-8/h1,5-6H,4H2. The van der Waals surface area contributed by atoms with Gasteiger partial charge in [0.1, 0.15) is 6.54 Å². The van der Waals surface area contributed by atoms with Gasteiger partial charge < -0.3 is 0 Å². The maximum absolute atomic E-state index is 8.24. The second-order valence-electron chi connectivity index (χ2n) is 1.73. The summed E-state index contributed by atoms with van der Waals surface area (Å²) >= 11 is 0. The van der Waals surface area contributed by atoms with Gasteiger partial charge >= 0.3 is 0 Å². The fourth-order valence-electron chi connectivity index (χ4n) is 0.597. The Bertz CT molecular complexity index is 297. The van der Waals surface area contributed by atoms with Crippen LogP contribution in [0.3, 0.4) is 0 Å². The second-order valence-corrected chi connectivity index (χ2v) is 1.73. The number of nitrogens with zero attached hydrogens (tertiary/aromatic N) is 3. The smallest absolute Gasteiger partial charge is 0.128 e. The Morgan fingerprint density at radius 2 is 2.60 bits per heavy atom. The van der Waals surface area contributed by atoms with E-state index in [0.29, 0.717) is 5.56 Å². The average Bonchev–Trinajstić information content (AvgIpc) is 2.37. The number of rotatable bonds is 1. The molecule has 0 saturated carbocycles. The maximum Gasteiger partial charge on any atom is 0.128 e. The molecule has 0 spiro atoms. The average molecular weight is 131 g/mol. The first-order chi connectivity index (χ1) is 4.86. The Labute approximate surface area is 58.9 Å². The highest BCUT2D eigenvalue weighted by atomic mass is 15.3. The molecule has 0 aliphatic carbocycles. The molecule has 48 valence electrons. The molecule has 10 heavy (non-hydrogen) atoms. The van der Waals surface area contributed by atoms with Crippen molar-refractivity contribution in [3.8, 4) is 18.4 Å². The molecule has 3 heteroatoms. The minimum Gasteiger partial charge on any atom is -0.257 e. The Morgan fingerprint density at radius 3 is 3.10 bits per heavy atom. The largest absolute Gasteiger partial charge is 0.257 e. The lowest BCUT2D eigenvalue weighted by Crippen LogP contribution is -1.93. The first kappa shape index (κ1) is 6.38. The van der Waals surface area contributed by atoms with Crippen molar-refractivity contribution in [2.24, 2.45) is 0 Å². The topological polar surface area (TPSA) is 41.6 Å². The van der Waals surface area contributed by atoms with Crippen molar-refractivity contribution in [3.05, 3.63) is 18.0 Å². The van der Waals surface area contributed by atoms with Gasteiger partial charge in [0.25, 0.3) is 0 Å². The van der Waals surface area contributed by atoms with Gasteiger partial charge in [-0.2, -0.15) is 10.4 Å². The molecule has 0 aliphatic rings. The van der Waals surface area contributed by atoms with Crippen molar-refractivity contribution in [3.63, 3.8) is 0 Å². The van der Waals surface area contributed by atoms with Gasteiger partial charge in [0.15, 0.2) is 0 Å². The van der Waals surface area contributed by atoms with Crippen LogP contribution in [0.4, 0.5) is 0 Å². The molecule has 0 aromatic carbocycles. The molecule has 0 unspecified atom stereocenters. The number of aromatic nitrogens is 2. The minimum atomic E-state index is 0.252. The van der Waals surface area contributed by atoms with Crippen LogP contribution in [0.25, 0.3) is 0 Å². The normalized spacial score (nSPS) is 8.20. The molecule has 1 rings (SSSR count). The van der Waals surface area contributed by atoms with Crippen LogP contribution < -0.4 is 0 Å². The van der Waals surface area contributed by atoms with Crippen LogP contribution in [0, 0.1) is 23.7 Å². The maximum atomic E-state index is 8.24. The van der Waals surface area contributed by atoms with E-state index in [1.54, 1.807) is 12.4 Å². The van der Waals surface area contributed by atoms with Gasteiger partial charge in [-0.05, 0) is 0 Å². The van der Waals surface area contributed by atoms with Crippen molar-refractivity contribution in [2.45, 2.75) is 6.54 Å². The Hall–Kier alpha value is -1.74. The zero-order valence-corrected chi connectivity index (χ0v) is 5.28. The highest BCUT2D eigenvalue weighted by Gasteiger charge is 1.91. The summed E-state index contributed by atoms with van der Waals surface area (Å²) in [5.41, 5.74) is 0.704. The van der Waals surface area contributed by atoms with Crippen LogP contribution >= 0.6 is 0 Å². The molecule has 1 aromatic rings. The van der Waals surface area contributed by atoms with E-state index >= 15 is 0 Å². The molecule has 0 bridgehead atoms. The first-order valence-electron chi connectivity index (χ1n) is 2.73. The molecule has 0 radical (unpaired) electrons. The van der Waals surface area contributed by atoms with Gasteiger partial charge in [-0.1, -0.05) is 5.92 Å². The third-order valence-corrected chi connectivity index (χ3v) is 1.03. The van der Waals surface area contributed by atoms with Crippen LogP contribution in [0.5, 0.6) is 0 Å². The van der Waals surface area contributed by atoms with Crippen LogP contribution in [-0.4, -0.2) is 9.78 Å². The molecule has 0 amide bonds. The third-order valence-electron chi connectivity index (χ3n) is 1.03. The Balaban J connectivity index is 2.83. The molecule has 3 nitrogen and oxygen atoms in total. The molecule has 0 N–H and O–H groups in total. The lowest BCUT2D eigenvalue weighted by atomic mass is 10.4. The molecular formula is C7H5N3. The van der Waals surface area contributed by atoms with Gasteiger partial charge in [0.2, 0.25) is 0 Å². The zero-order valence-electron chi connectivity index (χ0n) is 5.28. The van der Waals surface area contributed by atoms with E-state index in [-0.39, 0.29) is 6.54 Å². The monoisotopic (exact) mass is 131 g/mol. The Morgan fingerprint density at radius 1 is 1.80 bits per heavy atom. The lowest BCUT2D eigenvalue weighted by molar-refractivity contribution is 0.710. The van der Waals surface area contributed by atoms with Gasteiger partial charge in [-0.25, -0.2) is 0 Å². The van der Waals surface area contributed by atoms with E-state index in [0.717, 1.165) is 0 Å². The summed E-state index contributed by atoms with van der Waals surface area (Å²) in [6.07, 6.45) is 8.28. The highest BCUT2D eigenvalue weighted by molar-refractivity contribution is 5.26. The summed E-state index contributed by atoms with van der Waals surface area (Å²) < 4.78 is 1.50. The van der Waals surface area contributed by atoms with E-state index in [2.05, 4.69) is 11.0 Å². The van der Waals surface area contributed by atoms with E-state index in [4.69, 9.17) is 11.7 Å². The van der Waals surface area contributed by atoms with E-state index in [9.17, 15) is 0 Å². The molecular weight excluding hydrogens is 126 g/mol. The number of nitriles is 1. The van der Waals surface area contributed by atoms with Crippen LogP contribution in [0.2, 0.25) is 0 Å². The van der Waals surface area contributed by atoms with E-state index in [1.807, 2.05) is 6.07 Å². The fourth-order valence-corrected chi connectivity index (χ4v) is 0.597. The summed E-state index contributed by atoms with van der Waals surface area (Å²) in [6, 6.07) is 1.95. The predicted molar refractivity (Wildman–Crippen MR) is 35.8 cm³/mol. The first-order valence-corrected chi connectivity index (χ1v) is 2.73. The number of hydrogen-bond acceptors (Lipinski definition) is 2. The molecule has 0 fully saturated rings. The van der Waals surface area contributed by atoms with Crippen molar-refractivity contribution in [1.82, 2.24) is 9.78 Å². The van der Waals surface area contributed by atoms with E-state index < -0.39 is 0 Å². The van der Waals surface area contributed by atoms with Crippen molar-refractivity contribution in [2.75, 3.05) is 0 Å². The van der Waals surface area contributed by atoms with Crippen molar-refractivity contribution < 1.29 is 0 Å². The van der Waals surface area contributed by atoms with Crippen molar-refractivity contribution in [1.29, 1.82) is 5.26 Å². The summed E-state index contributed by atoms with van der Waals surface area (Å²) in [4.78, 5) is 0. The molecule has 0 aliphatic heterocycles. The van der Waals surface area contributed by atoms with Crippen LogP contribution in [0.15, 0.2) is 12.4 Å². The summed E-state index contributed by atoms with van der Waals surface area (Å²) in [5.74, 6) is 2.41. The van der Waals surface area contributed by atoms with Gasteiger partial charge in [-0.3, -0.25) is 4.68 Å². The lowest BCUT2D eigenvalue weighted by Gasteiger charge is -1.86. The SMILES string of the molecule is C#Cc1cnn(CC#N)c1. The molecule has 1 aromatic heterocycles. The van der Waals surface area contributed by atoms with Crippen LogP contribution in [-0.2, 0) is 6.54 Å². The zero-order chi connectivity index (χ0) is 7.40. The fraction of sp³-hybridized carbons (Fsp3) is 0.143. The predicted octanol–water partition coefficient (Wildman–Crippen LogP) is 0.388. The second kappa shape index (κ2) is 2.70. The quantitative estimate of drug-likeness (QED) is 0.517. The summed E-state index contributed by atoms with van der Waals surface area (Å²) in [7, 11) is 0.